The lowest BCUT2D eigenvalue weighted by atomic mass is 9.47. The maximum atomic E-state index is 13.4. The zero-order valence-electron chi connectivity index (χ0n) is 13.6. The minimum absolute atomic E-state index is 4.62. The maximum Gasteiger partial charge on any atom is 0.406 e. The minimum atomic E-state index is -8.96. The molecule has 0 aromatic rings. The van der Waals surface area contributed by atoms with Crippen molar-refractivity contribution in [3.05, 3.63) is 0 Å². The normalized spacial score (nSPS) is 16.6. The van der Waals surface area contributed by atoms with Gasteiger partial charge in [0.25, 0.3) is 0 Å². The summed E-state index contributed by atoms with van der Waals surface area (Å²) in [7, 11) is 0. The Hall–Kier alpha value is -1.34. The highest BCUT2D eigenvalue weighted by Crippen LogP contribution is 2.80. The first-order chi connectivity index (χ1) is 13.1. The van der Waals surface area contributed by atoms with E-state index < -0.39 is 66.5 Å². The van der Waals surface area contributed by atoms with Gasteiger partial charge in [0.1, 0.15) is 0 Å². The Bertz CT molecular complexity index is 542. The van der Waals surface area contributed by atoms with E-state index in [1.165, 1.54) is 0 Å². The summed E-state index contributed by atoms with van der Waals surface area (Å²) >= 11 is 0. The molecule has 0 spiro atoms. The highest BCUT2D eigenvalue weighted by atomic mass is 19.4. The average Bonchev–Trinajstić information content (AvgIpc) is 2.38. The van der Waals surface area contributed by atoms with Crippen LogP contribution in [0.3, 0.4) is 0 Å². The molecule has 0 saturated heterocycles. The summed E-state index contributed by atoms with van der Waals surface area (Å²) in [4.78, 5) is 0. The number of halogens is 18. The van der Waals surface area contributed by atoms with Gasteiger partial charge < -0.3 is 10.2 Å². The predicted octanol–water partition coefficient (Wildman–Crippen LogP) is 5.30. The highest BCUT2D eigenvalue weighted by Gasteiger charge is 3.04. The molecule has 31 heavy (non-hydrogen) atoms. The van der Waals surface area contributed by atoms with E-state index in [9.17, 15) is 79.0 Å². The number of rotatable bonds is 4. The van der Waals surface area contributed by atoms with Crippen LogP contribution in [0.5, 0.6) is 0 Å². The van der Waals surface area contributed by atoms with Gasteiger partial charge >= 0.3 is 37.1 Å². The molecule has 0 bridgehead atoms. The van der Waals surface area contributed by atoms with Gasteiger partial charge in [-0.15, -0.1) is 0 Å². The van der Waals surface area contributed by atoms with E-state index in [1.807, 2.05) is 0 Å². The molecule has 188 valence electrons. The number of aliphatic hydroxyl groups excluding tert-OH is 2. The predicted molar refractivity (Wildman–Crippen MR) is 57.8 cm³/mol. The standard InChI is InChI=1S/C11H6F18O2/c12-6(13,14)3(1-30,7(15,16)17)5(10(24,25)26,11(27,28)29)4(2-31,8(18,19)20)9(21,22)23/h30-31H,1-2H2. The molecule has 0 unspecified atom stereocenters. The Balaban J connectivity index is 8.85. The quantitative estimate of drug-likeness (QED) is 0.502. The van der Waals surface area contributed by atoms with Gasteiger partial charge in [0, 0.05) is 0 Å². The SMILES string of the molecule is OCC(C(F)(F)F)(C(F)(F)F)C(C(F)(F)F)(C(F)(F)F)C(CO)(C(F)(F)F)C(F)(F)F. The second-order valence-corrected chi connectivity index (χ2v) is 5.86. The number of alkyl halides is 18. The van der Waals surface area contributed by atoms with Crippen molar-refractivity contribution in [2.45, 2.75) is 37.1 Å². The van der Waals surface area contributed by atoms with E-state index in [2.05, 4.69) is 0 Å². The van der Waals surface area contributed by atoms with Gasteiger partial charge in [0.15, 0.2) is 0 Å². The first-order valence-electron chi connectivity index (χ1n) is 6.74. The monoisotopic (exact) mass is 512 g/mol. The van der Waals surface area contributed by atoms with Crippen molar-refractivity contribution >= 4 is 0 Å². The van der Waals surface area contributed by atoms with Crippen LogP contribution in [0.25, 0.3) is 0 Å². The molecular formula is C11H6F18O2. The fourth-order valence-corrected chi connectivity index (χ4v) is 3.26. The highest BCUT2D eigenvalue weighted by molar-refractivity contribution is 5.24. The smallest absolute Gasteiger partial charge is 0.395 e. The molecule has 0 aromatic carbocycles. The van der Waals surface area contributed by atoms with Gasteiger partial charge in [0.2, 0.25) is 16.2 Å². The number of hydrogen-bond acceptors (Lipinski definition) is 2. The third kappa shape index (κ3) is 3.47. The topological polar surface area (TPSA) is 40.5 Å². The molecule has 2 nitrogen and oxygen atoms in total. The van der Waals surface area contributed by atoms with Crippen LogP contribution in [0.15, 0.2) is 0 Å². The zero-order valence-corrected chi connectivity index (χ0v) is 13.6. The summed E-state index contributed by atoms with van der Waals surface area (Å²) in [6.45, 7) is -9.24. The van der Waals surface area contributed by atoms with Crippen LogP contribution in [0, 0.1) is 16.2 Å². The van der Waals surface area contributed by atoms with Gasteiger partial charge in [0.05, 0.1) is 13.2 Å². The fraction of sp³-hybridized carbons (Fsp3) is 1.00. The summed E-state index contributed by atoms with van der Waals surface area (Å²) in [5.41, 5.74) is -25.4. The van der Waals surface area contributed by atoms with Crippen LogP contribution in [0.4, 0.5) is 79.0 Å². The molecule has 2 N–H and O–H groups in total. The molecule has 0 radical (unpaired) electrons. The number of hydrogen-bond donors (Lipinski definition) is 2. The van der Waals surface area contributed by atoms with Crippen molar-refractivity contribution in [3.8, 4) is 0 Å². The second kappa shape index (κ2) is 7.34. The van der Waals surface area contributed by atoms with Gasteiger partial charge in [-0.25, -0.2) is 0 Å². The summed E-state index contributed by atoms with van der Waals surface area (Å²) in [6.07, 6.45) is -50.6. The van der Waals surface area contributed by atoms with E-state index in [0.29, 0.717) is 0 Å². The summed E-state index contributed by atoms with van der Waals surface area (Å²) < 4.78 is 239. The fourth-order valence-electron chi connectivity index (χ4n) is 3.26. The Morgan fingerprint density at radius 2 is 0.484 bits per heavy atom. The molecule has 0 aliphatic rings. The summed E-state index contributed by atoms with van der Waals surface area (Å²) in [6, 6.07) is 0. The summed E-state index contributed by atoms with van der Waals surface area (Å²) in [5, 5.41) is 16.9. The van der Waals surface area contributed by atoms with Gasteiger partial charge in [-0.05, 0) is 0 Å². The van der Waals surface area contributed by atoms with E-state index in [-0.39, 0.29) is 0 Å². The molecule has 0 saturated carbocycles. The van der Waals surface area contributed by atoms with Gasteiger partial charge in [-0.1, -0.05) is 0 Å². The van der Waals surface area contributed by atoms with E-state index in [1.54, 1.807) is 0 Å². The van der Waals surface area contributed by atoms with Crippen molar-refractivity contribution in [1.82, 2.24) is 0 Å². The Morgan fingerprint density at radius 3 is 0.548 bits per heavy atom. The van der Waals surface area contributed by atoms with Gasteiger partial charge in [-0.3, -0.25) is 0 Å². The third-order valence-corrected chi connectivity index (χ3v) is 4.54. The first kappa shape index (κ1) is 29.7. The van der Waals surface area contributed by atoms with Crippen molar-refractivity contribution in [2.24, 2.45) is 16.2 Å². The minimum Gasteiger partial charge on any atom is -0.395 e. The van der Waals surface area contributed by atoms with Gasteiger partial charge in [-0.2, -0.15) is 79.0 Å². The molecular weight excluding hydrogens is 506 g/mol. The zero-order chi connectivity index (χ0) is 25.9. The van der Waals surface area contributed by atoms with E-state index in [0.717, 1.165) is 0 Å². The molecule has 0 aliphatic carbocycles. The van der Waals surface area contributed by atoms with Crippen LogP contribution in [0.2, 0.25) is 0 Å². The van der Waals surface area contributed by atoms with Crippen LogP contribution in [0.1, 0.15) is 0 Å². The van der Waals surface area contributed by atoms with Crippen LogP contribution < -0.4 is 0 Å². The van der Waals surface area contributed by atoms with E-state index >= 15 is 0 Å². The maximum absolute atomic E-state index is 13.4. The Labute approximate surface area is 157 Å². The van der Waals surface area contributed by atoms with E-state index in [4.69, 9.17) is 10.2 Å². The molecule has 0 rings (SSSR count). The molecule has 0 aliphatic heterocycles. The average molecular weight is 512 g/mol. The van der Waals surface area contributed by atoms with Crippen molar-refractivity contribution in [2.75, 3.05) is 13.2 Å². The Kier molecular flexibility index (Phi) is 7.02. The Morgan fingerprint density at radius 1 is 0.323 bits per heavy atom. The third-order valence-electron chi connectivity index (χ3n) is 4.54. The molecule has 0 fully saturated rings. The van der Waals surface area contributed by atoms with Crippen molar-refractivity contribution in [3.63, 3.8) is 0 Å². The lowest BCUT2D eigenvalue weighted by Crippen LogP contribution is -2.83. The lowest BCUT2D eigenvalue weighted by molar-refractivity contribution is -0.547. The van der Waals surface area contributed by atoms with Crippen molar-refractivity contribution in [1.29, 1.82) is 0 Å². The molecule has 0 amide bonds. The van der Waals surface area contributed by atoms with Crippen LogP contribution in [-0.4, -0.2) is 60.5 Å². The molecule has 20 heteroatoms. The molecule has 0 atom stereocenters. The number of aliphatic hydroxyl groups is 2. The molecule has 0 heterocycles. The van der Waals surface area contributed by atoms with Crippen LogP contribution >= 0.6 is 0 Å². The molecule has 0 aromatic heterocycles. The van der Waals surface area contributed by atoms with Crippen molar-refractivity contribution < 1.29 is 89.2 Å². The lowest BCUT2D eigenvalue weighted by Gasteiger charge is -2.59. The van der Waals surface area contributed by atoms with Crippen LogP contribution in [-0.2, 0) is 0 Å². The largest absolute Gasteiger partial charge is 0.406 e. The first-order valence-corrected chi connectivity index (χ1v) is 6.74. The second-order valence-electron chi connectivity index (χ2n) is 5.86. The summed E-state index contributed by atoms with van der Waals surface area (Å²) in [5.74, 6) is 0.